The number of likely N-dealkylation sites (N-methyl/N-ethyl adjacent to an activating group) is 1. The fraction of sp³-hybridized carbons (Fsp3) is 0.312. The van der Waals surface area contributed by atoms with Gasteiger partial charge in [0.2, 0.25) is 0 Å². The summed E-state index contributed by atoms with van der Waals surface area (Å²) < 4.78 is 15.4. The number of benzene rings is 1. The van der Waals surface area contributed by atoms with E-state index in [2.05, 4.69) is 22.1 Å². The van der Waals surface area contributed by atoms with E-state index >= 15 is 0 Å². The van der Waals surface area contributed by atoms with Crippen LogP contribution in [0.5, 0.6) is 0 Å². The molecule has 1 aliphatic rings. The van der Waals surface area contributed by atoms with E-state index in [9.17, 15) is 14.3 Å². The quantitative estimate of drug-likeness (QED) is 0.936. The number of hydrogen-bond acceptors (Lipinski definition) is 4. The van der Waals surface area contributed by atoms with Gasteiger partial charge in [-0.25, -0.2) is 13.9 Å². The number of carboxylic acid groups (broad SMARTS) is 1. The Morgan fingerprint density at radius 3 is 2.78 bits per heavy atom. The molecule has 0 bridgehead atoms. The van der Waals surface area contributed by atoms with Crippen LogP contribution in [0.3, 0.4) is 0 Å². The van der Waals surface area contributed by atoms with E-state index in [1.54, 1.807) is 18.2 Å². The maximum Gasteiger partial charge on any atom is 0.358 e. The van der Waals surface area contributed by atoms with Crippen LogP contribution in [0.25, 0.3) is 11.3 Å². The van der Waals surface area contributed by atoms with Gasteiger partial charge in [0.1, 0.15) is 17.2 Å². The van der Waals surface area contributed by atoms with Crippen molar-refractivity contribution in [1.82, 2.24) is 19.9 Å². The van der Waals surface area contributed by atoms with Crippen molar-refractivity contribution in [1.29, 1.82) is 0 Å². The largest absolute Gasteiger partial charge is 0.476 e. The predicted molar refractivity (Wildman–Crippen MR) is 83.0 cm³/mol. The molecule has 7 heteroatoms. The summed E-state index contributed by atoms with van der Waals surface area (Å²) in [5.41, 5.74) is 1.24. The number of aromatic carboxylic acids is 1. The molecule has 120 valence electrons. The van der Waals surface area contributed by atoms with Crippen molar-refractivity contribution in [3.05, 3.63) is 47.5 Å². The van der Waals surface area contributed by atoms with Crippen LogP contribution < -0.4 is 0 Å². The normalized spacial score (nSPS) is 15.5. The monoisotopic (exact) mass is 316 g/mol. The van der Waals surface area contributed by atoms with Crippen molar-refractivity contribution >= 4 is 11.5 Å². The number of carbonyl (C=O) groups is 1. The summed E-state index contributed by atoms with van der Waals surface area (Å²) in [6.45, 7) is 4.56. The van der Waals surface area contributed by atoms with Crippen LogP contribution >= 0.6 is 0 Å². The van der Waals surface area contributed by atoms with Crippen LogP contribution in [-0.2, 0) is 0 Å². The van der Waals surface area contributed by atoms with E-state index < -0.39 is 11.8 Å². The summed E-state index contributed by atoms with van der Waals surface area (Å²) in [7, 11) is 0. The third-order valence-electron chi connectivity index (χ3n) is 4.00. The number of rotatable bonds is 4. The first-order valence-corrected chi connectivity index (χ1v) is 7.47. The minimum absolute atomic E-state index is 0.149. The highest BCUT2D eigenvalue weighted by Crippen LogP contribution is 2.27. The Hall–Kier alpha value is -2.54. The van der Waals surface area contributed by atoms with Gasteiger partial charge in [-0.2, -0.15) is 0 Å². The first kappa shape index (κ1) is 15.4. The van der Waals surface area contributed by atoms with E-state index in [1.807, 2.05) is 6.08 Å². The lowest BCUT2D eigenvalue weighted by Crippen LogP contribution is -2.28. The standard InChI is InChI=1S/C16H17FN4O2/c1-2-20-9-7-11(8-10-20)15-14(16(22)23)18-19-21(15)13-6-4-3-5-12(13)17/h3-7H,2,8-10H2,1H3,(H,22,23). The third kappa shape index (κ3) is 2.87. The molecule has 6 nitrogen and oxygen atoms in total. The van der Waals surface area contributed by atoms with Gasteiger partial charge in [0.15, 0.2) is 5.69 Å². The van der Waals surface area contributed by atoms with Gasteiger partial charge in [-0.3, -0.25) is 4.90 Å². The lowest BCUT2D eigenvalue weighted by Gasteiger charge is -2.25. The molecule has 1 N–H and O–H groups in total. The van der Waals surface area contributed by atoms with Gasteiger partial charge >= 0.3 is 5.97 Å². The number of carboxylic acids is 1. The number of nitrogens with zero attached hydrogens (tertiary/aromatic N) is 4. The zero-order valence-electron chi connectivity index (χ0n) is 12.7. The highest BCUT2D eigenvalue weighted by Gasteiger charge is 2.25. The molecule has 0 atom stereocenters. The Kier molecular flexibility index (Phi) is 4.20. The highest BCUT2D eigenvalue weighted by molar-refractivity contribution is 5.91. The maximum atomic E-state index is 14.1. The van der Waals surface area contributed by atoms with Crippen LogP contribution in [0.15, 0.2) is 30.3 Å². The van der Waals surface area contributed by atoms with Gasteiger partial charge in [0, 0.05) is 13.1 Å². The van der Waals surface area contributed by atoms with Crippen molar-refractivity contribution in [3.63, 3.8) is 0 Å². The fourth-order valence-corrected chi connectivity index (χ4v) is 2.72. The van der Waals surface area contributed by atoms with Gasteiger partial charge in [0.05, 0.1) is 0 Å². The zero-order valence-corrected chi connectivity index (χ0v) is 12.7. The first-order valence-electron chi connectivity index (χ1n) is 7.47. The molecule has 0 amide bonds. The first-order chi connectivity index (χ1) is 11.1. The SMILES string of the molecule is CCN1CC=C(c2c(C(=O)O)nnn2-c2ccccc2F)CC1. The molecule has 0 unspecified atom stereocenters. The average Bonchev–Trinajstić information content (AvgIpc) is 3.00. The Morgan fingerprint density at radius 1 is 1.39 bits per heavy atom. The molecule has 1 aromatic carbocycles. The number of para-hydroxylation sites is 1. The van der Waals surface area contributed by atoms with Crippen molar-refractivity contribution in [2.45, 2.75) is 13.3 Å². The number of halogens is 1. The second-order valence-corrected chi connectivity index (χ2v) is 5.33. The second kappa shape index (κ2) is 6.29. The molecule has 1 aromatic heterocycles. The molecule has 0 saturated heterocycles. The van der Waals surface area contributed by atoms with Crippen molar-refractivity contribution in [3.8, 4) is 5.69 Å². The second-order valence-electron chi connectivity index (χ2n) is 5.33. The smallest absolute Gasteiger partial charge is 0.358 e. The molecule has 0 aliphatic carbocycles. The van der Waals surface area contributed by atoms with Gasteiger partial charge in [0.25, 0.3) is 0 Å². The van der Waals surface area contributed by atoms with E-state index in [0.717, 1.165) is 25.2 Å². The Morgan fingerprint density at radius 2 is 2.17 bits per heavy atom. The fourth-order valence-electron chi connectivity index (χ4n) is 2.72. The minimum atomic E-state index is -1.17. The Balaban J connectivity index is 2.11. The number of aromatic nitrogens is 3. The van der Waals surface area contributed by atoms with Crippen molar-refractivity contribution < 1.29 is 14.3 Å². The molecule has 2 heterocycles. The summed E-state index contributed by atoms with van der Waals surface area (Å²) in [6.07, 6.45) is 2.64. The van der Waals surface area contributed by atoms with Crippen LogP contribution in [0.2, 0.25) is 0 Å². The van der Waals surface area contributed by atoms with Gasteiger partial charge in [-0.1, -0.05) is 30.3 Å². The highest BCUT2D eigenvalue weighted by atomic mass is 19.1. The predicted octanol–water partition coefficient (Wildman–Crippen LogP) is 2.21. The summed E-state index contributed by atoms with van der Waals surface area (Å²) in [6, 6.07) is 6.13. The Labute approximate surface area is 132 Å². The third-order valence-corrected chi connectivity index (χ3v) is 4.00. The molecule has 0 spiro atoms. The zero-order chi connectivity index (χ0) is 16.4. The molecular weight excluding hydrogens is 299 g/mol. The molecule has 23 heavy (non-hydrogen) atoms. The molecule has 2 aromatic rings. The molecule has 1 aliphatic heterocycles. The van der Waals surface area contributed by atoms with Gasteiger partial charge in [-0.15, -0.1) is 5.10 Å². The lowest BCUT2D eigenvalue weighted by molar-refractivity contribution is 0.0690. The minimum Gasteiger partial charge on any atom is -0.476 e. The summed E-state index contributed by atoms with van der Waals surface area (Å²) in [5.74, 6) is -1.64. The maximum absolute atomic E-state index is 14.1. The Bertz CT molecular complexity index is 769. The van der Waals surface area contributed by atoms with E-state index in [4.69, 9.17) is 0 Å². The lowest BCUT2D eigenvalue weighted by atomic mass is 10.0. The average molecular weight is 316 g/mol. The molecule has 0 radical (unpaired) electrons. The van der Waals surface area contributed by atoms with Crippen molar-refractivity contribution in [2.24, 2.45) is 0 Å². The molecular formula is C16H17FN4O2. The van der Waals surface area contributed by atoms with E-state index in [-0.39, 0.29) is 11.4 Å². The van der Waals surface area contributed by atoms with Crippen LogP contribution in [0, 0.1) is 5.82 Å². The molecule has 3 rings (SSSR count). The summed E-state index contributed by atoms with van der Waals surface area (Å²) >= 11 is 0. The van der Waals surface area contributed by atoms with Crippen LogP contribution in [-0.4, -0.2) is 50.6 Å². The van der Waals surface area contributed by atoms with E-state index in [0.29, 0.717) is 12.1 Å². The van der Waals surface area contributed by atoms with Gasteiger partial charge < -0.3 is 5.11 Å². The van der Waals surface area contributed by atoms with E-state index in [1.165, 1.54) is 10.7 Å². The van der Waals surface area contributed by atoms with Crippen LogP contribution in [0.4, 0.5) is 4.39 Å². The summed E-state index contributed by atoms with van der Waals surface area (Å²) in [4.78, 5) is 13.7. The van der Waals surface area contributed by atoms with Gasteiger partial charge in [-0.05, 0) is 30.7 Å². The molecule has 0 fully saturated rings. The number of hydrogen-bond donors (Lipinski definition) is 1. The topological polar surface area (TPSA) is 71.2 Å². The van der Waals surface area contributed by atoms with Crippen molar-refractivity contribution in [2.75, 3.05) is 19.6 Å². The van der Waals surface area contributed by atoms with Crippen LogP contribution in [0.1, 0.15) is 29.5 Å². The summed E-state index contributed by atoms with van der Waals surface area (Å²) in [5, 5.41) is 17.0. The molecule has 0 saturated carbocycles.